The highest BCUT2D eigenvalue weighted by Crippen LogP contribution is 2.17. The van der Waals surface area contributed by atoms with E-state index in [9.17, 15) is 0 Å². The molecule has 0 aliphatic heterocycles. The van der Waals surface area contributed by atoms with Crippen LogP contribution in [0.5, 0.6) is 0 Å². The van der Waals surface area contributed by atoms with Gasteiger partial charge in [0.2, 0.25) is 0 Å². The summed E-state index contributed by atoms with van der Waals surface area (Å²) in [5.41, 5.74) is 0. The minimum atomic E-state index is -0.0463. The third-order valence-corrected chi connectivity index (χ3v) is 1.90. The van der Waals surface area contributed by atoms with Gasteiger partial charge in [0.15, 0.2) is 0 Å². The Labute approximate surface area is 72.7 Å². The average Bonchev–Trinajstić information content (AvgIpc) is 2.47. The quantitative estimate of drug-likeness (QED) is 0.682. The maximum Gasteiger partial charge on any atom is 0.125 e. The zero-order chi connectivity index (χ0) is 8.97. The second-order valence-electron chi connectivity index (χ2n) is 2.87. The van der Waals surface area contributed by atoms with Crippen molar-refractivity contribution in [3.8, 4) is 6.07 Å². The first-order chi connectivity index (χ1) is 5.79. The highest BCUT2D eigenvalue weighted by atomic mass is 15.0. The van der Waals surface area contributed by atoms with Crippen LogP contribution in [-0.4, -0.2) is 9.55 Å². The van der Waals surface area contributed by atoms with E-state index in [1.165, 1.54) is 0 Å². The number of hydrogen-bond acceptors (Lipinski definition) is 2. The Balaban J connectivity index is 2.81. The number of rotatable bonds is 3. The van der Waals surface area contributed by atoms with E-state index in [1.54, 1.807) is 6.20 Å². The second-order valence-corrected chi connectivity index (χ2v) is 2.87. The molecule has 64 valence electrons. The lowest BCUT2D eigenvalue weighted by molar-refractivity contribution is 0.654. The van der Waals surface area contributed by atoms with Gasteiger partial charge >= 0.3 is 0 Å². The minimum absolute atomic E-state index is 0.0463. The largest absolute Gasteiger partial charge is 0.337 e. The van der Waals surface area contributed by atoms with Crippen molar-refractivity contribution in [1.82, 2.24) is 9.55 Å². The number of imidazole rings is 1. The van der Waals surface area contributed by atoms with Crippen LogP contribution in [0.2, 0.25) is 0 Å². The van der Waals surface area contributed by atoms with Crippen molar-refractivity contribution >= 4 is 0 Å². The van der Waals surface area contributed by atoms with Gasteiger partial charge in [-0.1, -0.05) is 13.3 Å². The third-order valence-electron chi connectivity index (χ3n) is 1.90. The molecule has 0 fully saturated rings. The summed E-state index contributed by atoms with van der Waals surface area (Å²) in [6.07, 6.45) is 5.51. The number of nitrogens with zero attached hydrogens (tertiary/aromatic N) is 3. The van der Waals surface area contributed by atoms with E-state index in [2.05, 4.69) is 18.0 Å². The second kappa shape index (κ2) is 3.91. The molecule has 0 aliphatic carbocycles. The van der Waals surface area contributed by atoms with Crippen LogP contribution in [0.3, 0.4) is 0 Å². The normalized spacial score (nSPS) is 12.4. The molecule has 0 amide bonds. The van der Waals surface area contributed by atoms with Gasteiger partial charge in [-0.25, -0.2) is 4.98 Å². The van der Waals surface area contributed by atoms with Crippen molar-refractivity contribution in [2.45, 2.75) is 25.7 Å². The predicted octanol–water partition coefficient (Wildman–Crippen LogP) is 1.83. The van der Waals surface area contributed by atoms with Crippen molar-refractivity contribution in [2.75, 3.05) is 0 Å². The Morgan fingerprint density at radius 3 is 2.92 bits per heavy atom. The van der Waals surface area contributed by atoms with Crippen LogP contribution in [0.15, 0.2) is 12.4 Å². The number of aromatic nitrogens is 2. The molecule has 0 spiro atoms. The van der Waals surface area contributed by atoms with Crippen LogP contribution in [0.4, 0.5) is 0 Å². The molecular weight excluding hydrogens is 150 g/mol. The van der Waals surface area contributed by atoms with Crippen molar-refractivity contribution in [1.29, 1.82) is 5.26 Å². The molecule has 0 saturated carbocycles. The van der Waals surface area contributed by atoms with Crippen LogP contribution in [-0.2, 0) is 7.05 Å². The summed E-state index contributed by atoms with van der Waals surface area (Å²) in [5.74, 6) is 0.828. The van der Waals surface area contributed by atoms with Crippen molar-refractivity contribution in [3.05, 3.63) is 18.2 Å². The van der Waals surface area contributed by atoms with Crippen LogP contribution in [0.25, 0.3) is 0 Å². The monoisotopic (exact) mass is 163 g/mol. The smallest absolute Gasteiger partial charge is 0.125 e. The fraction of sp³-hybridized carbons (Fsp3) is 0.556. The fourth-order valence-corrected chi connectivity index (χ4v) is 1.25. The van der Waals surface area contributed by atoms with E-state index in [0.717, 1.165) is 18.7 Å². The summed E-state index contributed by atoms with van der Waals surface area (Å²) in [7, 11) is 1.92. The molecule has 1 aromatic rings. The summed E-state index contributed by atoms with van der Waals surface area (Å²) >= 11 is 0. The molecule has 12 heavy (non-hydrogen) atoms. The summed E-state index contributed by atoms with van der Waals surface area (Å²) in [5, 5.41) is 8.85. The SMILES string of the molecule is CCCC(C#N)c1nccn1C. The Bertz CT molecular complexity index is 282. The molecule has 0 aromatic carbocycles. The van der Waals surface area contributed by atoms with Crippen molar-refractivity contribution in [3.63, 3.8) is 0 Å². The van der Waals surface area contributed by atoms with E-state index in [1.807, 2.05) is 17.8 Å². The van der Waals surface area contributed by atoms with Crippen molar-refractivity contribution < 1.29 is 0 Å². The summed E-state index contributed by atoms with van der Waals surface area (Å²) in [6.45, 7) is 2.08. The maximum absolute atomic E-state index is 8.85. The molecule has 1 heterocycles. The molecule has 1 aromatic heterocycles. The van der Waals surface area contributed by atoms with Gasteiger partial charge in [0.1, 0.15) is 11.7 Å². The number of nitriles is 1. The van der Waals surface area contributed by atoms with Crippen molar-refractivity contribution in [2.24, 2.45) is 7.05 Å². The maximum atomic E-state index is 8.85. The van der Waals surface area contributed by atoms with E-state index in [-0.39, 0.29) is 5.92 Å². The van der Waals surface area contributed by atoms with Gasteiger partial charge in [-0.05, 0) is 6.42 Å². The van der Waals surface area contributed by atoms with Gasteiger partial charge in [0.25, 0.3) is 0 Å². The lowest BCUT2D eigenvalue weighted by Gasteiger charge is -2.06. The van der Waals surface area contributed by atoms with E-state index in [4.69, 9.17) is 5.26 Å². The molecule has 1 unspecified atom stereocenters. The summed E-state index contributed by atoms with van der Waals surface area (Å²) in [4.78, 5) is 4.15. The van der Waals surface area contributed by atoms with Gasteiger partial charge < -0.3 is 4.57 Å². The number of aryl methyl sites for hydroxylation is 1. The zero-order valence-electron chi connectivity index (χ0n) is 7.49. The molecule has 0 N–H and O–H groups in total. The molecule has 1 rings (SSSR count). The Hall–Kier alpha value is -1.30. The molecular formula is C9H13N3. The molecule has 3 nitrogen and oxygen atoms in total. The molecule has 0 radical (unpaired) electrons. The first-order valence-corrected chi connectivity index (χ1v) is 4.16. The fourth-order valence-electron chi connectivity index (χ4n) is 1.25. The molecule has 0 bridgehead atoms. The van der Waals surface area contributed by atoms with E-state index < -0.39 is 0 Å². The lowest BCUT2D eigenvalue weighted by Crippen LogP contribution is -2.03. The minimum Gasteiger partial charge on any atom is -0.337 e. The molecule has 1 atom stereocenters. The zero-order valence-corrected chi connectivity index (χ0v) is 7.49. The average molecular weight is 163 g/mol. The van der Waals surface area contributed by atoms with Crippen LogP contribution < -0.4 is 0 Å². The van der Waals surface area contributed by atoms with E-state index in [0.29, 0.717) is 0 Å². The van der Waals surface area contributed by atoms with Crippen LogP contribution in [0, 0.1) is 11.3 Å². The van der Waals surface area contributed by atoms with Gasteiger partial charge in [-0.15, -0.1) is 0 Å². The van der Waals surface area contributed by atoms with Gasteiger partial charge in [-0.3, -0.25) is 0 Å². The van der Waals surface area contributed by atoms with Gasteiger partial charge in [0.05, 0.1) is 6.07 Å². The first kappa shape index (κ1) is 8.79. The molecule has 3 heteroatoms. The van der Waals surface area contributed by atoms with Crippen LogP contribution >= 0.6 is 0 Å². The molecule has 0 saturated heterocycles. The standard InChI is InChI=1S/C9H13N3/c1-3-4-8(7-10)9-11-5-6-12(9)2/h5-6,8H,3-4H2,1-2H3. The lowest BCUT2D eigenvalue weighted by atomic mass is 10.1. The number of hydrogen-bond donors (Lipinski definition) is 0. The van der Waals surface area contributed by atoms with Gasteiger partial charge in [-0.2, -0.15) is 5.26 Å². The molecule has 0 aliphatic rings. The Morgan fingerprint density at radius 1 is 1.75 bits per heavy atom. The highest BCUT2D eigenvalue weighted by molar-refractivity contribution is 5.09. The van der Waals surface area contributed by atoms with E-state index >= 15 is 0 Å². The summed E-state index contributed by atoms with van der Waals surface area (Å²) in [6, 6.07) is 2.26. The first-order valence-electron chi connectivity index (χ1n) is 4.16. The Kier molecular flexibility index (Phi) is 2.87. The predicted molar refractivity (Wildman–Crippen MR) is 46.5 cm³/mol. The summed E-state index contributed by atoms with van der Waals surface area (Å²) < 4.78 is 1.91. The third kappa shape index (κ3) is 1.65. The van der Waals surface area contributed by atoms with Gasteiger partial charge in [0, 0.05) is 19.4 Å². The van der Waals surface area contributed by atoms with Crippen LogP contribution in [0.1, 0.15) is 31.5 Å². The topological polar surface area (TPSA) is 41.6 Å². The Morgan fingerprint density at radius 2 is 2.50 bits per heavy atom. The highest BCUT2D eigenvalue weighted by Gasteiger charge is 2.13.